The Morgan fingerprint density at radius 1 is 1.45 bits per heavy atom. The Morgan fingerprint density at radius 3 is 2.70 bits per heavy atom. The summed E-state index contributed by atoms with van der Waals surface area (Å²) in [4.78, 5) is 18.5. The van der Waals surface area contributed by atoms with Crippen molar-refractivity contribution in [1.29, 1.82) is 5.26 Å². The summed E-state index contributed by atoms with van der Waals surface area (Å²) in [7, 11) is 0. The Kier molecular flexibility index (Phi) is 4.16. The monoisotopic (exact) mass is 285 g/mol. The maximum absolute atomic E-state index is 12.1. The summed E-state index contributed by atoms with van der Waals surface area (Å²) < 4.78 is 0. The van der Waals surface area contributed by atoms with Gasteiger partial charge in [-0.05, 0) is 44.5 Å². The molecular weight excluding hydrogens is 270 g/mol. The van der Waals surface area contributed by atoms with Crippen molar-refractivity contribution in [3.63, 3.8) is 0 Å². The quantitative estimate of drug-likeness (QED) is 0.942. The molecule has 20 heavy (non-hydrogen) atoms. The van der Waals surface area contributed by atoms with E-state index in [0.717, 1.165) is 5.56 Å². The van der Waals surface area contributed by atoms with E-state index in [9.17, 15) is 4.79 Å². The van der Waals surface area contributed by atoms with Crippen LogP contribution in [0.15, 0.2) is 24.4 Å². The first kappa shape index (κ1) is 14.2. The second-order valence-electron chi connectivity index (χ2n) is 4.61. The van der Waals surface area contributed by atoms with Gasteiger partial charge in [-0.3, -0.25) is 4.79 Å². The van der Waals surface area contributed by atoms with Crippen molar-refractivity contribution in [3.8, 4) is 6.07 Å². The smallest absolute Gasteiger partial charge is 0.270 e. The average molecular weight is 285 g/mol. The number of rotatable bonds is 3. The molecule has 0 aliphatic rings. The molecule has 0 aliphatic heterocycles. The van der Waals surface area contributed by atoms with E-state index >= 15 is 0 Å². The van der Waals surface area contributed by atoms with Crippen LogP contribution in [0.4, 0.5) is 0 Å². The first-order valence-electron chi connectivity index (χ1n) is 6.25. The number of aryl methyl sites for hydroxylation is 2. The molecule has 0 spiro atoms. The highest BCUT2D eigenvalue weighted by Crippen LogP contribution is 2.26. The van der Waals surface area contributed by atoms with Crippen LogP contribution < -0.4 is 5.32 Å². The fourth-order valence-electron chi connectivity index (χ4n) is 2.02. The molecule has 2 rings (SSSR count). The molecule has 2 aromatic rings. The lowest BCUT2D eigenvalue weighted by Gasteiger charge is -2.13. The predicted octanol–water partition coefficient (Wildman–Crippen LogP) is 3.12. The van der Waals surface area contributed by atoms with E-state index in [-0.39, 0.29) is 11.9 Å². The minimum Gasteiger partial charge on any atom is -0.344 e. The van der Waals surface area contributed by atoms with Gasteiger partial charge in [0.15, 0.2) is 0 Å². The fourth-order valence-corrected chi connectivity index (χ4v) is 3.05. The van der Waals surface area contributed by atoms with Crippen LogP contribution in [0.1, 0.15) is 44.3 Å². The van der Waals surface area contributed by atoms with Gasteiger partial charge < -0.3 is 5.32 Å². The minimum atomic E-state index is -0.231. The number of nitriles is 1. The van der Waals surface area contributed by atoms with E-state index in [1.807, 2.05) is 13.0 Å². The molecule has 1 atom stereocenters. The third-order valence-electron chi connectivity index (χ3n) is 3.02. The highest BCUT2D eigenvalue weighted by Gasteiger charge is 2.15. The number of hydrogen-bond acceptors (Lipinski definition) is 4. The van der Waals surface area contributed by atoms with Crippen molar-refractivity contribution < 1.29 is 4.79 Å². The zero-order valence-corrected chi connectivity index (χ0v) is 12.4. The van der Waals surface area contributed by atoms with Crippen LogP contribution in [0, 0.1) is 25.2 Å². The molecular formula is C15H15N3OS. The molecule has 1 amide bonds. The van der Waals surface area contributed by atoms with Crippen LogP contribution in [0.2, 0.25) is 0 Å². The van der Waals surface area contributed by atoms with E-state index in [0.29, 0.717) is 11.3 Å². The maximum atomic E-state index is 12.1. The maximum Gasteiger partial charge on any atom is 0.270 e. The van der Waals surface area contributed by atoms with Crippen molar-refractivity contribution in [1.82, 2.24) is 10.3 Å². The fraction of sp³-hybridized carbons (Fsp3) is 0.267. The van der Waals surface area contributed by atoms with Gasteiger partial charge in [-0.2, -0.15) is 5.26 Å². The van der Waals surface area contributed by atoms with Gasteiger partial charge in [0, 0.05) is 16.0 Å². The number of pyridine rings is 1. The summed E-state index contributed by atoms with van der Waals surface area (Å²) in [5.41, 5.74) is 1.90. The standard InChI is InChI=1S/C15H15N3OS/c1-9-6-13(11(3)20-9)10(2)18-15(19)14-5-4-12(7-16)8-17-14/h4-6,8,10H,1-3H3,(H,18,19). The number of hydrogen-bond donors (Lipinski definition) is 1. The number of aromatic nitrogens is 1. The van der Waals surface area contributed by atoms with E-state index in [1.165, 1.54) is 16.0 Å². The predicted molar refractivity (Wildman–Crippen MR) is 78.6 cm³/mol. The van der Waals surface area contributed by atoms with Gasteiger partial charge in [0.05, 0.1) is 11.6 Å². The lowest BCUT2D eigenvalue weighted by Crippen LogP contribution is -2.27. The van der Waals surface area contributed by atoms with E-state index < -0.39 is 0 Å². The Bertz CT molecular complexity index is 667. The molecule has 2 heterocycles. The summed E-state index contributed by atoms with van der Waals surface area (Å²) in [5, 5.41) is 11.6. The lowest BCUT2D eigenvalue weighted by molar-refractivity contribution is 0.0935. The molecule has 1 N–H and O–H groups in total. The molecule has 0 aromatic carbocycles. The number of thiophene rings is 1. The molecule has 5 heteroatoms. The molecule has 4 nitrogen and oxygen atoms in total. The highest BCUT2D eigenvalue weighted by atomic mass is 32.1. The molecule has 1 unspecified atom stereocenters. The zero-order chi connectivity index (χ0) is 14.7. The number of amides is 1. The number of carbonyl (C=O) groups excluding carboxylic acids is 1. The second kappa shape index (κ2) is 5.85. The van der Waals surface area contributed by atoms with E-state index in [4.69, 9.17) is 5.26 Å². The second-order valence-corrected chi connectivity index (χ2v) is 6.07. The van der Waals surface area contributed by atoms with Crippen molar-refractivity contribution in [2.75, 3.05) is 0 Å². The van der Waals surface area contributed by atoms with Crippen LogP contribution in [-0.2, 0) is 0 Å². The largest absolute Gasteiger partial charge is 0.344 e. The number of carbonyl (C=O) groups is 1. The van der Waals surface area contributed by atoms with Gasteiger partial charge >= 0.3 is 0 Å². The van der Waals surface area contributed by atoms with Crippen LogP contribution in [0.25, 0.3) is 0 Å². The molecule has 0 fully saturated rings. The van der Waals surface area contributed by atoms with Crippen molar-refractivity contribution in [3.05, 3.63) is 51.0 Å². The normalized spacial score (nSPS) is 11.7. The van der Waals surface area contributed by atoms with Gasteiger partial charge in [-0.25, -0.2) is 4.98 Å². The van der Waals surface area contributed by atoms with Gasteiger partial charge in [0.25, 0.3) is 5.91 Å². The van der Waals surface area contributed by atoms with Crippen LogP contribution >= 0.6 is 11.3 Å². The van der Waals surface area contributed by atoms with Gasteiger partial charge in [-0.15, -0.1) is 11.3 Å². The third kappa shape index (κ3) is 3.03. The molecule has 0 aliphatic carbocycles. The van der Waals surface area contributed by atoms with Gasteiger partial charge in [0.2, 0.25) is 0 Å². The highest BCUT2D eigenvalue weighted by molar-refractivity contribution is 7.12. The lowest BCUT2D eigenvalue weighted by atomic mass is 10.1. The van der Waals surface area contributed by atoms with Crippen molar-refractivity contribution in [2.24, 2.45) is 0 Å². The Labute approximate surface area is 122 Å². The van der Waals surface area contributed by atoms with Gasteiger partial charge in [0.1, 0.15) is 11.8 Å². The Morgan fingerprint density at radius 2 is 2.20 bits per heavy atom. The molecule has 0 bridgehead atoms. The average Bonchev–Trinajstić information content (AvgIpc) is 2.78. The molecule has 0 saturated heterocycles. The summed E-state index contributed by atoms with van der Waals surface area (Å²) in [5.74, 6) is -0.231. The Balaban J connectivity index is 2.11. The summed E-state index contributed by atoms with van der Waals surface area (Å²) in [6, 6.07) is 7.16. The van der Waals surface area contributed by atoms with Gasteiger partial charge in [-0.1, -0.05) is 0 Å². The van der Waals surface area contributed by atoms with E-state index in [1.54, 1.807) is 23.5 Å². The van der Waals surface area contributed by atoms with Crippen LogP contribution in [0.3, 0.4) is 0 Å². The zero-order valence-electron chi connectivity index (χ0n) is 11.6. The van der Waals surface area contributed by atoms with Crippen molar-refractivity contribution >= 4 is 17.2 Å². The Hall–Kier alpha value is -2.19. The number of nitrogens with one attached hydrogen (secondary N) is 1. The number of nitrogens with zero attached hydrogens (tertiary/aromatic N) is 2. The molecule has 102 valence electrons. The molecule has 0 radical (unpaired) electrons. The first-order chi connectivity index (χ1) is 9.51. The minimum absolute atomic E-state index is 0.0649. The van der Waals surface area contributed by atoms with Crippen LogP contribution in [-0.4, -0.2) is 10.9 Å². The first-order valence-corrected chi connectivity index (χ1v) is 7.07. The molecule has 2 aromatic heterocycles. The summed E-state index contributed by atoms with van der Waals surface area (Å²) in [6.07, 6.45) is 1.40. The van der Waals surface area contributed by atoms with E-state index in [2.05, 4.69) is 30.2 Å². The summed E-state index contributed by atoms with van der Waals surface area (Å²) in [6.45, 7) is 6.06. The van der Waals surface area contributed by atoms with Crippen molar-refractivity contribution in [2.45, 2.75) is 26.8 Å². The SMILES string of the molecule is Cc1cc(C(C)NC(=O)c2ccc(C#N)cn2)c(C)s1. The third-order valence-corrected chi connectivity index (χ3v) is 4.00. The topological polar surface area (TPSA) is 65.8 Å². The van der Waals surface area contributed by atoms with Crippen LogP contribution in [0.5, 0.6) is 0 Å². The summed E-state index contributed by atoms with van der Waals surface area (Å²) >= 11 is 1.72. The molecule has 0 saturated carbocycles.